The van der Waals surface area contributed by atoms with E-state index in [9.17, 15) is 0 Å². The summed E-state index contributed by atoms with van der Waals surface area (Å²) in [5, 5.41) is 8.01. The summed E-state index contributed by atoms with van der Waals surface area (Å²) in [6, 6.07) is 18.5. The predicted molar refractivity (Wildman–Crippen MR) is 76.4 cm³/mol. The largest absolute Gasteiger partial charge is 0.220 e. The molecule has 0 bridgehead atoms. The Kier molecular flexibility index (Phi) is 3.29. The molecule has 0 amide bonds. The van der Waals surface area contributed by atoms with Crippen molar-refractivity contribution in [1.82, 2.24) is 15.0 Å². The van der Waals surface area contributed by atoms with Crippen LogP contribution in [0.15, 0.2) is 60.8 Å². The first-order valence-corrected chi connectivity index (χ1v) is 6.53. The molecule has 0 saturated carbocycles. The zero-order chi connectivity index (χ0) is 13.1. The molecule has 0 N–H and O–H groups in total. The van der Waals surface area contributed by atoms with Gasteiger partial charge in [0.25, 0.3) is 0 Å². The van der Waals surface area contributed by atoms with Crippen molar-refractivity contribution >= 4 is 11.6 Å². The van der Waals surface area contributed by atoms with Gasteiger partial charge in [-0.05, 0) is 23.3 Å². The Hall–Kier alpha value is -2.13. The molecule has 0 spiro atoms. The third kappa shape index (κ3) is 2.51. The van der Waals surface area contributed by atoms with Crippen LogP contribution in [-0.2, 0) is 5.88 Å². The van der Waals surface area contributed by atoms with Crippen LogP contribution in [-0.4, -0.2) is 15.0 Å². The van der Waals surface area contributed by atoms with E-state index in [0.29, 0.717) is 5.88 Å². The second kappa shape index (κ2) is 5.24. The number of halogens is 1. The maximum absolute atomic E-state index is 5.72. The van der Waals surface area contributed by atoms with Gasteiger partial charge >= 0.3 is 0 Å². The third-order valence-electron chi connectivity index (χ3n) is 2.92. The number of alkyl halides is 1. The number of hydrogen-bond donors (Lipinski definition) is 0. The first kappa shape index (κ1) is 11.9. The van der Waals surface area contributed by atoms with E-state index in [1.165, 1.54) is 11.1 Å². The summed E-state index contributed by atoms with van der Waals surface area (Å²) in [5.41, 5.74) is 4.13. The van der Waals surface area contributed by atoms with Crippen molar-refractivity contribution in [3.05, 3.63) is 66.5 Å². The van der Waals surface area contributed by atoms with E-state index in [1.807, 2.05) is 36.5 Å². The molecule has 3 rings (SSSR count). The molecule has 1 aromatic heterocycles. The van der Waals surface area contributed by atoms with Crippen LogP contribution in [0.1, 0.15) is 5.69 Å². The normalized spacial score (nSPS) is 10.6. The summed E-state index contributed by atoms with van der Waals surface area (Å²) in [6.07, 6.45) is 1.84. The Morgan fingerprint density at radius 1 is 0.895 bits per heavy atom. The van der Waals surface area contributed by atoms with E-state index in [0.717, 1.165) is 11.4 Å². The highest BCUT2D eigenvalue weighted by molar-refractivity contribution is 6.16. The fourth-order valence-electron chi connectivity index (χ4n) is 1.92. The summed E-state index contributed by atoms with van der Waals surface area (Å²) in [7, 11) is 0. The fourth-order valence-corrected chi connectivity index (χ4v) is 2.05. The Labute approximate surface area is 116 Å². The number of rotatable bonds is 3. The quantitative estimate of drug-likeness (QED) is 0.679. The van der Waals surface area contributed by atoms with Gasteiger partial charge in [0.05, 0.1) is 23.5 Å². The maximum atomic E-state index is 5.72. The molecule has 0 fully saturated rings. The highest BCUT2D eigenvalue weighted by Gasteiger charge is 2.02. The Balaban J connectivity index is 1.90. The predicted octanol–water partition coefficient (Wildman–Crippen LogP) is 3.67. The average Bonchev–Trinajstić information content (AvgIpc) is 2.97. The molecule has 4 heteroatoms. The van der Waals surface area contributed by atoms with Gasteiger partial charge in [-0.3, -0.25) is 0 Å². The molecule has 0 aliphatic heterocycles. The zero-order valence-corrected chi connectivity index (χ0v) is 11.0. The molecule has 2 aromatic carbocycles. The summed E-state index contributed by atoms with van der Waals surface area (Å²) in [6.45, 7) is 0. The number of nitrogens with zero attached hydrogens (tertiary/aromatic N) is 3. The van der Waals surface area contributed by atoms with Gasteiger partial charge in [0, 0.05) is 0 Å². The Bertz CT molecular complexity index is 659. The van der Waals surface area contributed by atoms with Crippen LogP contribution in [0, 0.1) is 0 Å². The molecule has 0 aliphatic carbocycles. The van der Waals surface area contributed by atoms with Crippen LogP contribution in [0.4, 0.5) is 0 Å². The van der Waals surface area contributed by atoms with Gasteiger partial charge in [-0.1, -0.05) is 47.7 Å². The van der Waals surface area contributed by atoms with Crippen molar-refractivity contribution in [3.63, 3.8) is 0 Å². The average molecular weight is 270 g/mol. The highest BCUT2D eigenvalue weighted by Crippen LogP contribution is 2.20. The summed E-state index contributed by atoms with van der Waals surface area (Å²) in [4.78, 5) is 0. The minimum atomic E-state index is 0.377. The smallest absolute Gasteiger partial charge is 0.0979 e. The van der Waals surface area contributed by atoms with Gasteiger partial charge in [-0.2, -0.15) is 0 Å². The van der Waals surface area contributed by atoms with Crippen molar-refractivity contribution in [3.8, 4) is 16.8 Å². The molecule has 1 heterocycles. The van der Waals surface area contributed by atoms with Gasteiger partial charge in [-0.25, -0.2) is 4.68 Å². The first-order valence-electron chi connectivity index (χ1n) is 6.00. The lowest BCUT2D eigenvalue weighted by atomic mass is 10.1. The fraction of sp³-hybridized carbons (Fsp3) is 0.0667. The molecule has 0 aliphatic rings. The number of hydrogen-bond acceptors (Lipinski definition) is 2. The molecule has 0 saturated heterocycles. The van der Waals surface area contributed by atoms with Gasteiger partial charge in [0.15, 0.2) is 0 Å². The lowest BCUT2D eigenvalue weighted by molar-refractivity contribution is 0.800. The van der Waals surface area contributed by atoms with Gasteiger partial charge < -0.3 is 0 Å². The Morgan fingerprint density at radius 3 is 2.21 bits per heavy atom. The van der Waals surface area contributed by atoms with Crippen molar-refractivity contribution in [1.29, 1.82) is 0 Å². The number of aromatic nitrogens is 3. The van der Waals surface area contributed by atoms with E-state index >= 15 is 0 Å². The second-order valence-electron chi connectivity index (χ2n) is 4.20. The van der Waals surface area contributed by atoms with Crippen LogP contribution in [0.3, 0.4) is 0 Å². The summed E-state index contributed by atoms with van der Waals surface area (Å²) >= 11 is 5.72. The standard InChI is InChI=1S/C15H12ClN3/c16-10-14-11-19(18-17-14)15-8-6-13(7-9-15)12-4-2-1-3-5-12/h1-9,11H,10H2. The van der Waals surface area contributed by atoms with Crippen LogP contribution in [0.5, 0.6) is 0 Å². The molecule has 0 radical (unpaired) electrons. The van der Waals surface area contributed by atoms with Crippen molar-refractivity contribution in [2.24, 2.45) is 0 Å². The minimum absolute atomic E-state index is 0.377. The molecule has 0 atom stereocenters. The zero-order valence-electron chi connectivity index (χ0n) is 10.2. The van der Waals surface area contributed by atoms with Crippen LogP contribution < -0.4 is 0 Å². The van der Waals surface area contributed by atoms with Crippen molar-refractivity contribution in [2.75, 3.05) is 0 Å². The van der Waals surface area contributed by atoms with E-state index in [4.69, 9.17) is 11.6 Å². The van der Waals surface area contributed by atoms with Crippen molar-refractivity contribution in [2.45, 2.75) is 5.88 Å². The number of benzene rings is 2. The van der Waals surface area contributed by atoms with Crippen LogP contribution in [0.2, 0.25) is 0 Å². The lowest BCUT2D eigenvalue weighted by Gasteiger charge is -2.03. The third-order valence-corrected chi connectivity index (χ3v) is 3.19. The Morgan fingerprint density at radius 2 is 1.58 bits per heavy atom. The molecular formula is C15H12ClN3. The molecule has 19 heavy (non-hydrogen) atoms. The van der Waals surface area contributed by atoms with Gasteiger partial charge in [-0.15, -0.1) is 16.7 Å². The van der Waals surface area contributed by atoms with E-state index in [-0.39, 0.29) is 0 Å². The van der Waals surface area contributed by atoms with E-state index < -0.39 is 0 Å². The molecule has 0 unspecified atom stereocenters. The highest BCUT2D eigenvalue weighted by atomic mass is 35.5. The van der Waals surface area contributed by atoms with E-state index in [1.54, 1.807) is 4.68 Å². The van der Waals surface area contributed by atoms with E-state index in [2.05, 4.69) is 34.6 Å². The molecular weight excluding hydrogens is 258 g/mol. The summed E-state index contributed by atoms with van der Waals surface area (Å²) in [5.74, 6) is 0.377. The van der Waals surface area contributed by atoms with Crippen molar-refractivity contribution < 1.29 is 0 Å². The van der Waals surface area contributed by atoms with Gasteiger partial charge in [0.2, 0.25) is 0 Å². The molecule has 3 nitrogen and oxygen atoms in total. The topological polar surface area (TPSA) is 30.7 Å². The molecule has 94 valence electrons. The minimum Gasteiger partial charge on any atom is -0.220 e. The van der Waals surface area contributed by atoms with Crippen LogP contribution >= 0.6 is 11.6 Å². The summed E-state index contributed by atoms with van der Waals surface area (Å²) < 4.78 is 1.73. The first-order chi connectivity index (χ1) is 9.36. The second-order valence-corrected chi connectivity index (χ2v) is 4.47. The molecule has 3 aromatic rings. The SMILES string of the molecule is ClCc1cn(-c2ccc(-c3ccccc3)cc2)nn1. The lowest BCUT2D eigenvalue weighted by Crippen LogP contribution is -1.94. The monoisotopic (exact) mass is 269 g/mol. The maximum Gasteiger partial charge on any atom is 0.0979 e. The van der Waals surface area contributed by atoms with Crippen LogP contribution in [0.25, 0.3) is 16.8 Å². The van der Waals surface area contributed by atoms with Gasteiger partial charge in [0.1, 0.15) is 0 Å².